The van der Waals surface area contributed by atoms with Gasteiger partial charge in [-0.05, 0) is 51.8 Å². The summed E-state index contributed by atoms with van der Waals surface area (Å²) in [6, 6.07) is 2.82. The number of hydrogen-bond acceptors (Lipinski definition) is 7. The van der Waals surface area contributed by atoms with Crippen LogP contribution in [0.2, 0.25) is 0 Å². The Balaban J connectivity index is 1.76. The van der Waals surface area contributed by atoms with Crippen LogP contribution in [0.1, 0.15) is 43.4 Å². The molecule has 3 rings (SSSR count). The number of rotatable bonds is 7. The Labute approximate surface area is 206 Å². The average Bonchev–Trinajstić information content (AvgIpc) is 2.75. The highest BCUT2D eigenvalue weighted by atomic mass is 19.4. The lowest BCUT2D eigenvalue weighted by Crippen LogP contribution is -2.35. The Kier molecular flexibility index (Phi) is 7.89. The van der Waals surface area contributed by atoms with Gasteiger partial charge >= 0.3 is 12.2 Å². The molecule has 1 aromatic carbocycles. The lowest BCUT2D eigenvalue weighted by molar-refractivity contribution is -0.138. The zero-order chi connectivity index (χ0) is 26.7. The predicted octanol–water partition coefficient (Wildman–Crippen LogP) is 3.91. The Bertz CT molecular complexity index is 1190. The molecule has 0 bridgehead atoms. The van der Waals surface area contributed by atoms with Crippen molar-refractivity contribution in [3.8, 4) is 0 Å². The number of aliphatic hydroxyl groups is 1. The Morgan fingerprint density at radius 3 is 2.61 bits per heavy atom. The fourth-order valence-corrected chi connectivity index (χ4v) is 3.54. The number of aromatic nitrogens is 2. The van der Waals surface area contributed by atoms with Crippen molar-refractivity contribution >= 4 is 23.0 Å². The van der Waals surface area contributed by atoms with E-state index in [0.717, 1.165) is 6.07 Å². The van der Waals surface area contributed by atoms with Gasteiger partial charge in [-0.25, -0.2) is 14.8 Å². The molecule has 1 aromatic heterocycles. The summed E-state index contributed by atoms with van der Waals surface area (Å²) in [6.07, 6.45) is -1.12. The molecule has 194 valence electrons. The predicted molar refractivity (Wildman–Crippen MR) is 130 cm³/mol. The monoisotopic (exact) mass is 506 g/mol. The van der Waals surface area contributed by atoms with Crippen LogP contribution in [0.25, 0.3) is 5.57 Å². The number of anilines is 2. The van der Waals surface area contributed by atoms with Gasteiger partial charge in [0.15, 0.2) is 5.82 Å². The second-order valence-corrected chi connectivity index (χ2v) is 8.94. The van der Waals surface area contributed by atoms with Crippen molar-refractivity contribution in [1.82, 2.24) is 15.3 Å². The van der Waals surface area contributed by atoms with Crippen LogP contribution in [0.3, 0.4) is 0 Å². The first-order valence-corrected chi connectivity index (χ1v) is 11.2. The third-order valence-electron chi connectivity index (χ3n) is 5.06. The van der Waals surface area contributed by atoms with Crippen molar-refractivity contribution in [3.05, 3.63) is 65.1 Å². The number of aryl methyl sites for hydroxylation is 1. The van der Waals surface area contributed by atoms with E-state index in [-0.39, 0.29) is 23.4 Å². The van der Waals surface area contributed by atoms with Gasteiger partial charge in [0.2, 0.25) is 0 Å². The molecule has 0 saturated heterocycles. The van der Waals surface area contributed by atoms with Crippen LogP contribution in [-0.2, 0) is 17.3 Å². The summed E-state index contributed by atoms with van der Waals surface area (Å²) >= 11 is 0. The third-order valence-corrected chi connectivity index (χ3v) is 5.06. The first-order chi connectivity index (χ1) is 16.8. The number of halogens is 3. The SMILES string of the molecule is CCOC1=CC(O)NC=C1c1ncc(NC(=O)Nc2ccc(CC(C)(C)N)c(C(F)(F)F)c2)c(C)n1. The zero-order valence-corrected chi connectivity index (χ0v) is 20.3. The molecule has 2 aromatic rings. The number of nitrogens with zero attached hydrogens (tertiary/aromatic N) is 2. The number of benzene rings is 1. The van der Waals surface area contributed by atoms with Gasteiger partial charge in [-0.1, -0.05) is 6.07 Å². The Morgan fingerprint density at radius 2 is 2.00 bits per heavy atom. The van der Waals surface area contributed by atoms with Crippen molar-refractivity contribution in [2.75, 3.05) is 17.2 Å². The molecule has 0 radical (unpaired) electrons. The maximum atomic E-state index is 13.6. The van der Waals surface area contributed by atoms with E-state index in [1.165, 1.54) is 30.6 Å². The van der Waals surface area contributed by atoms with Crippen molar-refractivity contribution < 1.29 is 27.8 Å². The lowest BCUT2D eigenvalue weighted by atomic mass is 9.92. The molecule has 9 nitrogen and oxygen atoms in total. The number of allylic oxidation sites excluding steroid dienone is 1. The van der Waals surface area contributed by atoms with Crippen LogP contribution in [0, 0.1) is 6.92 Å². The number of carbonyl (C=O) groups is 1. The van der Waals surface area contributed by atoms with Crippen LogP contribution >= 0.6 is 0 Å². The second-order valence-electron chi connectivity index (χ2n) is 8.94. The van der Waals surface area contributed by atoms with Crippen molar-refractivity contribution in [1.29, 1.82) is 0 Å². The molecule has 2 amide bonds. The molecule has 0 saturated carbocycles. The van der Waals surface area contributed by atoms with Crippen LogP contribution in [-0.4, -0.2) is 39.5 Å². The van der Waals surface area contributed by atoms with Gasteiger partial charge in [0.25, 0.3) is 0 Å². The van der Waals surface area contributed by atoms with Gasteiger partial charge in [0, 0.05) is 23.5 Å². The summed E-state index contributed by atoms with van der Waals surface area (Å²) in [5, 5.41) is 17.4. The number of ether oxygens (including phenoxy) is 1. The minimum Gasteiger partial charge on any atom is -0.493 e. The van der Waals surface area contributed by atoms with Crippen LogP contribution in [0.15, 0.2) is 42.4 Å². The van der Waals surface area contributed by atoms with E-state index in [1.807, 2.05) is 0 Å². The molecular formula is C24H29F3N6O3. The topological polar surface area (TPSA) is 134 Å². The minimum absolute atomic E-state index is 0.0162. The van der Waals surface area contributed by atoms with Crippen molar-refractivity contribution in [3.63, 3.8) is 0 Å². The fourth-order valence-electron chi connectivity index (χ4n) is 3.54. The number of urea groups is 1. The van der Waals surface area contributed by atoms with Crippen molar-refractivity contribution in [2.24, 2.45) is 5.73 Å². The highest BCUT2D eigenvalue weighted by Gasteiger charge is 2.34. The molecule has 6 N–H and O–H groups in total. The first kappa shape index (κ1) is 27.0. The minimum atomic E-state index is -4.61. The van der Waals surface area contributed by atoms with Crippen LogP contribution < -0.4 is 21.7 Å². The molecule has 0 aliphatic carbocycles. The largest absolute Gasteiger partial charge is 0.493 e. The molecule has 0 fully saturated rings. The van der Waals surface area contributed by atoms with E-state index in [2.05, 4.69) is 25.9 Å². The van der Waals surface area contributed by atoms with Gasteiger partial charge in [0.05, 0.1) is 35.3 Å². The fraction of sp³-hybridized carbons (Fsp3) is 0.375. The summed E-state index contributed by atoms with van der Waals surface area (Å²) in [4.78, 5) is 21.1. The average molecular weight is 507 g/mol. The Morgan fingerprint density at radius 1 is 1.28 bits per heavy atom. The van der Waals surface area contributed by atoms with E-state index in [1.54, 1.807) is 27.7 Å². The number of alkyl halides is 3. The van der Waals surface area contributed by atoms with Gasteiger partial charge in [0.1, 0.15) is 12.0 Å². The third kappa shape index (κ3) is 6.95. The van der Waals surface area contributed by atoms with Crippen LogP contribution in [0.4, 0.5) is 29.3 Å². The van der Waals surface area contributed by atoms with E-state index in [4.69, 9.17) is 10.5 Å². The number of dihydropyridines is 1. The van der Waals surface area contributed by atoms with E-state index >= 15 is 0 Å². The number of amides is 2. The maximum absolute atomic E-state index is 13.6. The highest BCUT2D eigenvalue weighted by Crippen LogP contribution is 2.35. The molecule has 0 spiro atoms. The van der Waals surface area contributed by atoms with Crippen molar-refractivity contribution in [2.45, 2.75) is 52.1 Å². The Hall–Kier alpha value is -3.64. The summed E-state index contributed by atoms with van der Waals surface area (Å²) < 4.78 is 46.4. The zero-order valence-electron chi connectivity index (χ0n) is 20.3. The lowest BCUT2D eigenvalue weighted by Gasteiger charge is -2.22. The molecule has 2 heterocycles. The second kappa shape index (κ2) is 10.5. The first-order valence-electron chi connectivity index (χ1n) is 11.2. The maximum Gasteiger partial charge on any atom is 0.416 e. The van der Waals surface area contributed by atoms with Gasteiger partial charge in [-0.15, -0.1) is 0 Å². The van der Waals surface area contributed by atoms with Gasteiger partial charge < -0.3 is 31.5 Å². The van der Waals surface area contributed by atoms with Gasteiger partial charge in [-0.2, -0.15) is 13.2 Å². The standard InChI is InChI=1S/C24H29F3N6O3/c1-5-36-19-9-20(34)29-11-16(19)21-30-12-18(13(2)31-21)33-22(35)32-15-7-6-14(10-23(3,4)28)17(8-15)24(25,26)27/h6-9,11-12,20,29,34H,5,10,28H2,1-4H3,(H2,32,33,35). The molecule has 1 atom stereocenters. The smallest absolute Gasteiger partial charge is 0.416 e. The molecule has 36 heavy (non-hydrogen) atoms. The summed E-state index contributed by atoms with van der Waals surface area (Å²) in [6.45, 7) is 7.09. The molecule has 1 unspecified atom stereocenters. The number of aliphatic hydroxyl groups excluding tert-OH is 1. The molecule has 1 aliphatic heterocycles. The summed E-state index contributed by atoms with van der Waals surface area (Å²) in [5.74, 6) is 0.703. The molecular weight excluding hydrogens is 477 g/mol. The van der Waals surface area contributed by atoms with E-state index in [0.29, 0.717) is 29.5 Å². The summed E-state index contributed by atoms with van der Waals surface area (Å²) in [5.41, 5.74) is 5.41. The number of carbonyl (C=O) groups excluding carboxylic acids is 1. The highest BCUT2D eigenvalue weighted by molar-refractivity contribution is 6.00. The molecule has 12 heteroatoms. The van der Waals surface area contributed by atoms with E-state index in [9.17, 15) is 23.1 Å². The van der Waals surface area contributed by atoms with Gasteiger partial charge in [-0.3, -0.25) is 0 Å². The number of nitrogens with one attached hydrogen (secondary N) is 3. The summed E-state index contributed by atoms with van der Waals surface area (Å²) in [7, 11) is 0. The van der Waals surface area contributed by atoms with Crippen LogP contribution in [0.5, 0.6) is 0 Å². The number of nitrogens with two attached hydrogens (primary N) is 1. The quantitative estimate of drug-likeness (QED) is 0.384. The van der Waals surface area contributed by atoms with E-state index < -0.39 is 29.5 Å². The normalized spacial score (nSPS) is 16.0. The number of hydrogen-bond donors (Lipinski definition) is 5. The molecule has 1 aliphatic rings.